The molecule has 1 fully saturated rings. The molecule has 0 aromatic rings. The highest BCUT2D eigenvalue weighted by molar-refractivity contribution is 4.86. The second kappa shape index (κ2) is 11.5. The summed E-state index contributed by atoms with van der Waals surface area (Å²) in [5, 5.41) is 28.9. The summed E-state index contributed by atoms with van der Waals surface area (Å²) in [4.78, 5) is 0. The number of aliphatic hydroxyl groups is 3. The minimum absolute atomic E-state index is 0.102. The Morgan fingerprint density at radius 1 is 0.792 bits per heavy atom. The van der Waals surface area contributed by atoms with E-state index in [0.29, 0.717) is 35.5 Å². The van der Waals surface area contributed by atoms with E-state index in [0.717, 1.165) is 51.4 Å². The van der Waals surface area contributed by atoms with E-state index in [1.54, 1.807) is 0 Å². The summed E-state index contributed by atoms with van der Waals surface area (Å²) in [5.41, 5.74) is 0. The van der Waals surface area contributed by atoms with E-state index in [-0.39, 0.29) is 19.3 Å². The van der Waals surface area contributed by atoms with Crippen LogP contribution in [0.4, 0.5) is 0 Å². The second-order valence-corrected chi connectivity index (χ2v) is 8.53. The van der Waals surface area contributed by atoms with Gasteiger partial charge in [0, 0.05) is 13.2 Å². The maximum absolute atomic E-state index is 9.90. The van der Waals surface area contributed by atoms with Crippen molar-refractivity contribution in [2.45, 2.75) is 85.2 Å². The molecule has 0 aromatic carbocycles. The van der Waals surface area contributed by atoms with Crippen LogP contribution in [-0.2, 0) is 0 Å². The molecule has 1 rings (SSSR count). The molecule has 0 spiro atoms. The maximum Gasteiger partial charge on any atom is 0.0540 e. The summed E-state index contributed by atoms with van der Waals surface area (Å²) >= 11 is 0. The third kappa shape index (κ3) is 6.65. The van der Waals surface area contributed by atoms with Crippen LogP contribution >= 0.6 is 0 Å². The molecule has 0 radical (unpaired) electrons. The molecule has 0 saturated heterocycles. The van der Waals surface area contributed by atoms with Crippen molar-refractivity contribution in [2.75, 3.05) is 13.2 Å². The molecule has 0 aliphatic heterocycles. The van der Waals surface area contributed by atoms with Gasteiger partial charge in [0.1, 0.15) is 0 Å². The Balaban J connectivity index is 2.94. The number of aliphatic hydroxyl groups excluding tert-OH is 3. The molecule has 3 nitrogen and oxygen atoms in total. The molecule has 1 aliphatic carbocycles. The molecular weight excluding hydrogens is 300 g/mol. The fourth-order valence-corrected chi connectivity index (χ4v) is 5.02. The van der Waals surface area contributed by atoms with Crippen molar-refractivity contribution in [3.05, 3.63) is 0 Å². The van der Waals surface area contributed by atoms with Gasteiger partial charge in [-0.15, -0.1) is 0 Å². The van der Waals surface area contributed by atoms with Gasteiger partial charge in [0.2, 0.25) is 0 Å². The van der Waals surface area contributed by atoms with Crippen LogP contribution in [-0.4, -0.2) is 34.6 Å². The van der Waals surface area contributed by atoms with Gasteiger partial charge in [0.15, 0.2) is 0 Å². The highest BCUT2D eigenvalue weighted by atomic mass is 16.3. The van der Waals surface area contributed by atoms with Crippen molar-refractivity contribution in [1.82, 2.24) is 0 Å². The third-order valence-electron chi connectivity index (χ3n) is 6.46. The predicted molar refractivity (Wildman–Crippen MR) is 101 cm³/mol. The van der Waals surface area contributed by atoms with Crippen LogP contribution < -0.4 is 0 Å². The van der Waals surface area contributed by atoms with E-state index < -0.39 is 0 Å². The van der Waals surface area contributed by atoms with Crippen molar-refractivity contribution < 1.29 is 15.3 Å². The largest absolute Gasteiger partial charge is 0.396 e. The van der Waals surface area contributed by atoms with Gasteiger partial charge in [-0.1, -0.05) is 40.5 Å². The second-order valence-electron chi connectivity index (χ2n) is 8.53. The summed E-state index contributed by atoms with van der Waals surface area (Å²) < 4.78 is 0. The van der Waals surface area contributed by atoms with Crippen molar-refractivity contribution in [2.24, 2.45) is 35.5 Å². The van der Waals surface area contributed by atoms with Crippen LogP contribution in [0.2, 0.25) is 0 Å². The summed E-state index contributed by atoms with van der Waals surface area (Å²) in [6.45, 7) is 9.44. The average molecular weight is 343 g/mol. The van der Waals surface area contributed by atoms with E-state index in [9.17, 15) is 15.3 Å². The average Bonchev–Trinajstić information content (AvgIpc) is 2.60. The minimum atomic E-state index is -0.102. The molecule has 4 atom stereocenters. The first-order valence-corrected chi connectivity index (χ1v) is 10.4. The van der Waals surface area contributed by atoms with Gasteiger partial charge in [-0.3, -0.25) is 0 Å². The lowest BCUT2D eigenvalue weighted by Gasteiger charge is -2.43. The summed E-state index contributed by atoms with van der Waals surface area (Å²) in [7, 11) is 0. The molecule has 1 saturated carbocycles. The smallest absolute Gasteiger partial charge is 0.0540 e. The first-order chi connectivity index (χ1) is 11.5. The molecule has 4 unspecified atom stereocenters. The summed E-state index contributed by atoms with van der Waals surface area (Å²) in [5.74, 6) is 3.36. The van der Waals surface area contributed by atoms with Crippen molar-refractivity contribution >= 4 is 0 Å². The van der Waals surface area contributed by atoms with Crippen LogP contribution in [0.15, 0.2) is 0 Å². The molecule has 0 bridgehead atoms. The van der Waals surface area contributed by atoms with Crippen molar-refractivity contribution in [3.8, 4) is 0 Å². The fraction of sp³-hybridized carbons (Fsp3) is 1.00. The topological polar surface area (TPSA) is 60.7 Å². The standard InChI is InChI=1S/C21H42O3/c1-5-17(11-15(3)13-22)21(18(6-2)12-16(4)14-23)19-7-9-20(24)10-8-19/h15-24H,5-14H2,1-4H3. The van der Waals surface area contributed by atoms with Gasteiger partial charge < -0.3 is 15.3 Å². The first kappa shape index (κ1) is 21.9. The van der Waals surface area contributed by atoms with Crippen LogP contribution in [0.1, 0.15) is 79.1 Å². The molecule has 24 heavy (non-hydrogen) atoms. The van der Waals surface area contributed by atoms with Gasteiger partial charge in [-0.05, 0) is 74.0 Å². The lowest BCUT2D eigenvalue weighted by atomic mass is 9.63. The van der Waals surface area contributed by atoms with E-state index in [1.807, 2.05) is 0 Å². The normalized spacial score (nSPS) is 28.1. The summed E-state index contributed by atoms with van der Waals surface area (Å²) in [6.07, 6.45) is 8.59. The minimum Gasteiger partial charge on any atom is -0.396 e. The monoisotopic (exact) mass is 342 g/mol. The van der Waals surface area contributed by atoms with Gasteiger partial charge in [-0.2, -0.15) is 0 Å². The van der Waals surface area contributed by atoms with E-state index in [1.165, 1.54) is 0 Å². The molecule has 0 aromatic heterocycles. The van der Waals surface area contributed by atoms with Crippen LogP contribution in [0.3, 0.4) is 0 Å². The Labute approximate surface area is 149 Å². The Morgan fingerprint density at radius 2 is 1.21 bits per heavy atom. The van der Waals surface area contributed by atoms with Gasteiger partial charge in [-0.25, -0.2) is 0 Å². The summed E-state index contributed by atoms with van der Waals surface area (Å²) in [6, 6.07) is 0. The molecule has 3 heteroatoms. The SMILES string of the molecule is CCC(CC(C)CO)C(C1CCC(O)CC1)C(CC)CC(C)CO. The number of rotatable bonds is 11. The highest BCUT2D eigenvalue weighted by Crippen LogP contribution is 2.44. The molecule has 144 valence electrons. The lowest BCUT2D eigenvalue weighted by molar-refractivity contribution is 0.0324. The molecule has 0 heterocycles. The first-order valence-electron chi connectivity index (χ1n) is 10.4. The molecular formula is C21H42O3. The van der Waals surface area contributed by atoms with Crippen LogP contribution in [0.5, 0.6) is 0 Å². The van der Waals surface area contributed by atoms with E-state index in [2.05, 4.69) is 27.7 Å². The van der Waals surface area contributed by atoms with E-state index in [4.69, 9.17) is 0 Å². The Hall–Kier alpha value is -0.120. The van der Waals surface area contributed by atoms with Crippen molar-refractivity contribution in [3.63, 3.8) is 0 Å². The zero-order valence-corrected chi connectivity index (χ0v) is 16.5. The highest BCUT2D eigenvalue weighted by Gasteiger charge is 2.36. The van der Waals surface area contributed by atoms with Crippen LogP contribution in [0, 0.1) is 35.5 Å². The van der Waals surface area contributed by atoms with Crippen LogP contribution in [0.25, 0.3) is 0 Å². The molecule has 0 amide bonds. The Kier molecular flexibility index (Phi) is 10.5. The number of hydrogen-bond donors (Lipinski definition) is 3. The fourth-order valence-electron chi connectivity index (χ4n) is 5.02. The van der Waals surface area contributed by atoms with Crippen molar-refractivity contribution in [1.29, 1.82) is 0 Å². The Morgan fingerprint density at radius 3 is 1.54 bits per heavy atom. The maximum atomic E-state index is 9.90. The third-order valence-corrected chi connectivity index (χ3v) is 6.46. The molecule has 3 N–H and O–H groups in total. The van der Waals surface area contributed by atoms with Gasteiger partial charge in [0.25, 0.3) is 0 Å². The van der Waals surface area contributed by atoms with Gasteiger partial charge in [0.05, 0.1) is 6.10 Å². The van der Waals surface area contributed by atoms with Gasteiger partial charge >= 0.3 is 0 Å². The quantitative estimate of drug-likeness (QED) is 0.526. The lowest BCUT2D eigenvalue weighted by Crippen LogP contribution is -2.35. The molecule has 1 aliphatic rings. The van der Waals surface area contributed by atoms with E-state index >= 15 is 0 Å². The predicted octanol–water partition coefficient (Wildman–Crippen LogP) is 4.24. The Bertz CT molecular complexity index is 292. The zero-order valence-electron chi connectivity index (χ0n) is 16.5. The number of hydrogen-bond acceptors (Lipinski definition) is 3. The zero-order chi connectivity index (χ0) is 18.1.